The maximum absolute atomic E-state index is 11.5. The van der Waals surface area contributed by atoms with E-state index in [0.29, 0.717) is 11.9 Å². The molecule has 1 aromatic heterocycles. The lowest BCUT2D eigenvalue weighted by Gasteiger charge is -2.10. The van der Waals surface area contributed by atoms with Gasteiger partial charge in [0.05, 0.1) is 4.47 Å². The lowest BCUT2D eigenvalue weighted by Crippen LogP contribution is -2.32. The zero-order chi connectivity index (χ0) is 12.1. The van der Waals surface area contributed by atoms with Crippen LogP contribution in [0.1, 0.15) is 25.7 Å². The van der Waals surface area contributed by atoms with Gasteiger partial charge < -0.3 is 5.32 Å². The third-order valence-electron chi connectivity index (χ3n) is 2.87. The van der Waals surface area contributed by atoms with Gasteiger partial charge in [0.25, 0.3) is 0 Å². The van der Waals surface area contributed by atoms with Crippen molar-refractivity contribution in [3.63, 3.8) is 0 Å². The van der Waals surface area contributed by atoms with E-state index in [9.17, 15) is 4.79 Å². The average molecular weight is 299 g/mol. The molecule has 1 aliphatic carbocycles. The fourth-order valence-electron chi connectivity index (χ4n) is 1.97. The van der Waals surface area contributed by atoms with Crippen molar-refractivity contribution in [3.8, 4) is 0 Å². The first-order valence-electron chi connectivity index (χ1n) is 5.76. The van der Waals surface area contributed by atoms with E-state index < -0.39 is 0 Å². The van der Waals surface area contributed by atoms with Crippen molar-refractivity contribution in [1.29, 1.82) is 0 Å². The SMILES string of the molecule is O=C(NCC1CCCC1)Nc1ncc(Br)cn1. The molecule has 1 heterocycles. The van der Waals surface area contributed by atoms with Crippen LogP contribution in [0.15, 0.2) is 16.9 Å². The minimum Gasteiger partial charge on any atom is -0.338 e. The maximum Gasteiger partial charge on any atom is 0.321 e. The summed E-state index contributed by atoms with van der Waals surface area (Å²) in [4.78, 5) is 19.5. The molecule has 0 saturated heterocycles. The summed E-state index contributed by atoms with van der Waals surface area (Å²) in [6.45, 7) is 0.738. The predicted molar refractivity (Wildman–Crippen MR) is 68.7 cm³/mol. The molecule has 1 fully saturated rings. The zero-order valence-electron chi connectivity index (χ0n) is 9.45. The Kier molecular flexibility index (Phi) is 4.30. The smallest absolute Gasteiger partial charge is 0.321 e. The first-order chi connectivity index (χ1) is 8.24. The second kappa shape index (κ2) is 5.95. The molecule has 2 N–H and O–H groups in total. The summed E-state index contributed by atoms with van der Waals surface area (Å²) >= 11 is 3.23. The van der Waals surface area contributed by atoms with Crippen LogP contribution in [0.3, 0.4) is 0 Å². The molecule has 0 radical (unpaired) electrons. The number of amides is 2. The molecular weight excluding hydrogens is 284 g/mol. The van der Waals surface area contributed by atoms with Crippen LogP contribution < -0.4 is 10.6 Å². The number of aromatic nitrogens is 2. The van der Waals surface area contributed by atoms with Gasteiger partial charge in [-0.3, -0.25) is 5.32 Å². The molecule has 1 aromatic rings. The molecule has 92 valence electrons. The van der Waals surface area contributed by atoms with Crippen LogP contribution in [-0.2, 0) is 0 Å². The van der Waals surface area contributed by atoms with Crippen molar-refractivity contribution in [2.24, 2.45) is 5.92 Å². The monoisotopic (exact) mass is 298 g/mol. The predicted octanol–water partition coefficient (Wildman–Crippen LogP) is 2.55. The molecule has 0 spiro atoms. The number of nitrogens with zero attached hydrogens (tertiary/aromatic N) is 2. The average Bonchev–Trinajstić information content (AvgIpc) is 2.83. The molecule has 0 aromatic carbocycles. The standard InChI is InChI=1S/C11H15BrN4O/c12-9-6-13-10(14-7-9)16-11(17)15-5-8-3-1-2-4-8/h6-8H,1-5H2,(H2,13,14,15,16,17). The zero-order valence-corrected chi connectivity index (χ0v) is 11.0. The van der Waals surface area contributed by atoms with E-state index in [1.165, 1.54) is 25.7 Å². The van der Waals surface area contributed by atoms with Crippen LogP contribution in [0.5, 0.6) is 0 Å². The molecule has 0 bridgehead atoms. The van der Waals surface area contributed by atoms with E-state index in [0.717, 1.165) is 11.0 Å². The third kappa shape index (κ3) is 3.96. The van der Waals surface area contributed by atoms with Gasteiger partial charge in [-0.2, -0.15) is 0 Å². The Morgan fingerprint density at radius 3 is 2.65 bits per heavy atom. The second-order valence-corrected chi connectivity index (χ2v) is 5.13. The molecule has 2 amide bonds. The van der Waals surface area contributed by atoms with E-state index in [1.807, 2.05) is 0 Å². The van der Waals surface area contributed by atoms with Crippen molar-refractivity contribution in [2.75, 3.05) is 11.9 Å². The molecule has 5 nitrogen and oxygen atoms in total. The van der Waals surface area contributed by atoms with Crippen molar-refractivity contribution >= 4 is 27.9 Å². The lowest BCUT2D eigenvalue weighted by atomic mass is 10.1. The van der Waals surface area contributed by atoms with Crippen molar-refractivity contribution in [2.45, 2.75) is 25.7 Å². The molecule has 0 atom stereocenters. The van der Waals surface area contributed by atoms with Gasteiger partial charge in [-0.15, -0.1) is 0 Å². The highest BCUT2D eigenvalue weighted by Gasteiger charge is 2.15. The van der Waals surface area contributed by atoms with Gasteiger partial charge >= 0.3 is 6.03 Å². The van der Waals surface area contributed by atoms with Gasteiger partial charge in [0.2, 0.25) is 5.95 Å². The molecule has 0 unspecified atom stereocenters. The van der Waals surface area contributed by atoms with Gasteiger partial charge in [-0.05, 0) is 34.7 Å². The number of hydrogen-bond donors (Lipinski definition) is 2. The molecule has 2 rings (SSSR count). The van der Waals surface area contributed by atoms with Crippen LogP contribution in [0.2, 0.25) is 0 Å². The number of nitrogens with one attached hydrogen (secondary N) is 2. The van der Waals surface area contributed by atoms with Gasteiger partial charge in [0, 0.05) is 18.9 Å². The fourth-order valence-corrected chi connectivity index (χ4v) is 2.18. The Morgan fingerprint density at radius 2 is 2.00 bits per heavy atom. The molecular formula is C11H15BrN4O. The summed E-state index contributed by atoms with van der Waals surface area (Å²) in [5.74, 6) is 0.948. The summed E-state index contributed by atoms with van der Waals surface area (Å²) in [5, 5.41) is 5.45. The van der Waals surface area contributed by atoms with Gasteiger partial charge in [0.15, 0.2) is 0 Å². The first-order valence-corrected chi connectivity index (χ1v) is 6.56. The van der Waals surface area contributed by atoms with E-state index in [-0.39, 0.29) is 6.03 Å². The molecule has 17 heavy (non-hydrogen) atoms. The Morgan fingerprint density at radius 1 is 1.35 bits per heavy atom. The fraction of sp³-hybridized carbons (Fsp3) is 0.545. The van der Waals surface area contributed by atoms with Crippen LogP contribution >= 0.6 is 15.9 Å². The summed E-state index contributed by atoms with van der Waals surface area (Å²) < 4.78 is 0.786. The number of anilines is 1. The van der Waals surface area contributed by atoms with E-state index in [4.69, 9.17) is 0 Å². The number of rotatable bonds is 3. The quantitative estimate of drug-likeness (QED) is 0.901. The minimum atomic E-state index is -0.237. The Balaban J connectivity index is 1.74. The Hall–Kier alpha value is -1.17. The summed E-state index contributed by atoms with van der Waals surface area (Å²) in [5.41, 5.74) is 0. The highest BCUT2D eigenvalue weighted by atomic mass is 79.9. The van der Waals surface area contributed by atoms with Crippen LogP contribution in [-0.4, -0.2) is 22.5 Å². The van der Waals surface area contributed by atoms with Gasteiger partial charge in [0.1, 0.15) is 0 Å². The van der Waals surface area contributed by atoms with Crippen LogP contribution in [0.25, 0.3) is 0 Å². The number of halogens is 1. The highest BCUT2D eigenvalue weighted by Crippen LogP contribution is 2.23. The van der Waals surface area contributed by atoms with E-state index in [1.54, 1.807) is 12.4 Å². The van der Waals surface area contributed by atoms with Crippen molar-refractivity contribution in [3.05, 3.63) is 16.9 Å². The van der Waals surface area contributed by atoms with Crippen molar-refractivity contribution in [1.82, 2.24) is 15.3 Å². The summed E-state index contributed by atoms with van der Waals surface area (Å²) in [6.07, 6.45) is 8.19. The summed E-state index contributed by atoms with van der Waals surface area (Å²) in [7, 11) is 0. The minimum absolute atomic E-state index is 0.237. The second-order valence-electron chi connectivity index (χ2n) is 4.21. The first kappa shape index (κ1) is 12.3. The topological polar surface area (TPSA) is 66.9 Å². The van der Waals surface area contributed by atoms with Crippen molar-refractivity contribution < 1.29 is 4.79 Å². The van der Waals surface area contributed by atoms with Crippen LogP contribution in [0, 0.1) is 5.92 Å². The third-order valence-corrected chi connectivity index (χ3v) is 3.28. The Labute approximate surface area is 109 Å². The van der Waals surface area contributed by atoms with Gasteiger partial charge in [-0.1, -0.05) is 12.8 Å². The highest BCUT2D eigenvalue weighted by molar-refractivity contribution is 9.10. The molecule has 0 aliphatic heterocycles. The lowest BCUT2D eigenvalue weighted by molar-refractivity contribution is 0.250. The summed E-state index contributed by atoms with van der Waals surface area (Å²) in [6, 6.07) is -0.237. The molecule has 6 heteroatoms. The molecule has 1 saturated carbocycles. The number of urea groups is 1. The maximum atomic E-state index is 11.5. The number of carbonyl (C=O) groups excluding carboxylic acids is 1. The number of carbonyl (C=O) groups is 1. The normalized spacial score (nSPS) is 15.8. The molecule has 1 aliphatic rings. The van der Waals surface area contributed by atoms with E-state index >= 15 is 0 Å². The largest absolute Gasteiger partial charge is 0.338 e. The Bertz CT molecular complexity index is 376. The number of hydrogen-bond acceptors (Lipinski definition) is 3. The van der Waals surface area contributed by atoms with E-state index in [2.05, 4.69) is 36.5 Å². The van der Waals surface area contributed by atoms with Gasteiger partial charge in [-0.25, -0.2) is 14.8 Å². The van der Waals surface area contributed by atoms with Crippen LogP contribution in [0.4, 0.5) is 10.7 Å².